The summed E-state index contributed by atoms with van der Waals surface area (Å²) in [5.74, 6) is -0.658. The van der Waals surface area contributed by atoms with Crippen molar-refractivity contribution in [3.63, 3.8) is 0 Å². The first-order chi connectivity index (χ1) is 20.8. The fourth-order valence-corrected chi connectivity index (χ4v) is 7.66. The van der Waals surface area contributed by atoms with Crippen molar-refractivity contribution in [3.05, 3.63) is 76.3 Å². The smallest absolute Gasteiger partial charge is 0.310 e. The van der Waals surface area contributed by atoms with Gasteiger partial charge in [0, 0.05) is 19.0 Å². The summed E-state index contributed by atoms with van der Waals surface area (Å²) in [5.41, 5.74) is 4.18. The number of ether oxygens (including phenoxy) is 2. The van der Waals surface area contributed by atoms with E-state index >= 15 is 0 Å². The van der Waals surface area contributed by atoms with Crippen LogP contribution in [0, 0.1) is 19.3 Å². The Morgan fingerprint density at radius 1 is 1.16 bits per heavy atom. The van der Waals surface area contributed by atoms with Crippen LogP contribution in [0.3, 0.4) is 0 Å². The predicted octanol–water partition coefficient (Wildman–Crippen LogP) is 5.68. The van der Waals surface area contributed by atoms with Gasteiger partial charge in [-0.05, 0) is 87.1 Å². The molecule has 3 aromatic carbocycles. The second-order valence-electron chi connectivity index (χ2n) is 11.9. The molecule has 0 amide bonds. The molecule has 0 radical (unpaired) electrons. The number of hydrogen-bond acceptors (Lipinski definition) is 7. The third kappa shape index (κ3) is 5.32. The second-order valence-corrected chi connectivity index (χ2v) is 13.8. The van der Waals surface area contributed by atoms with Crippen molar-refractivity contribution in [1.82, 2.24) is 19.3 Å². The predicted molar refractivity (Wildman–Crippen MR) is 168 cm³/mol. The van der Waals surface area contributed by atoms with Crippen LogP contribution in [0.25, 0.3) is 11.0 Å². The van der Waals surface area contributed by atoms with E-state index in [1.807, 2.05) is 52.0 Å². The maximum atomic E-state index is 13.9. The first-order valence-electron chi connectivity index (χ1n) is 14.8. The van der Waals surface area contributed by atoms with Crippen molar-refractivity contribution in [3.8, 4) is 11.5 Å². The van der Waals surface area contributed by atoms with E-state index in [9.17, 15) is 18.3 Å². The Morgan fingerprint density at radius 2 is 1.89 bits per heavy atom. The maximum Gasteiger partial charge on any atom is 0.310 e. The number of rotatable bonds is 9. The van der Waals surface area contributed by atoms with Gasteiger partial charge >= 0.3 is 5.97 Å². The number of aliphatic carboxylic acids is 1. The van der Waals surface area contributed by atoms with Gasteiger partial charge in [-0.1, -0.05) is 42.5 Å². The lowest BCUT2D eigenvalue weighted by atomic mass is 9.69. The van der Waals surface area contributed by atoms with Gasteiger partial charge in [0.1, 0.15) is 33.5 Å². The van der Waals surface area contributed by atoms with Crippen molar-refractivity contribution < 1.29 is 27.8 Å². The SMILES string of the molecule is CC[C@@H]1CN(Cc2cc(C(c3cc(OC)c4c(nnn4CC)c3C)C(C)(C)C(=O)O)ccc2C)S(=O)(=O)c2ccccc2O1. The summed E-state index contributed by atoms with van der Waals surface area (Å²) in [5, 5.41) is 19.2. The van der Waals surface area contributed by atoms with Crippen LogP contribution < -0.4 is 9.47 Å². The molecule has 4 aromatic rings. The lowest BCUT2D eigenvalue weighted by Gasteiger charge is -2.33. The molecule has 1 N–H and O–H groups in total. The van der Waals surface area contributed by atoms with E-state index in [0.29, 0.717) is 30.0 Å². The molecular weight excluding hydrogens is 580 g/mol. The number of aryl methyl sites for hydroxylation is 3. The van der Waals surface area contributed by atoms with Crippen molar-refractivity contribution in [2.75, 3.05) is 13.7 Å². The Bertz CT molecular complexity index is 1830. The van der Waals surface area contributed by atoms with Crippen LogP contribution in [0.4, 0.5) is 0 Å². The number of hydrogen-bond donors (Lipinski definition) is 1. The van der Waals surface area contributed by atoms with E-state index in [1.54, 1.807) is 49.9 Å². The molecule has 1 aliphatic heterocycles. The lowest BCUT2D eigenvalue weighted by Crippen LogP contribution is -2.36. The second kappa shape index (κ2) is 11.9. The number of carboxylic acids is 1. The van der Waals surface area contributed by atoms with Gasteiger partial charge in [0.25, 0.3) is 0 Å². The van der Waals surface area contributed by atoms with Gasteiger partial charge in [0.05, 0.1) is 19.1 Å². The number of fused-ring (bicyclic) bond motifs is 2. The molecule has 0 saturated heterocycles. The van der Waals surface area contributed by atoms with Gasteiger partial charge in [-0.25, -0.2) is 13.1 Å². The normalized spacial score (nSPS) is 17.5. The summed E-state index contributed by atoms with van der Waals surface area (Å²) in [6, 6.07) is 14.4. The Morgan fingerprint density at radius 3 is 2.55 bits per heavy atom. The summed E-state index contributed by atoms with van der Waals surface area (Å²) in [7, 11) is -2.29. The lowest BCUT2D eigenvalue weighted by molar-refractivity contribution is -0.147. The zero-order valence-corrected chi connectivity index (χ0v) is 27.1. The van der Waals surface area contributed by atoms with Crippen molar-refractivity contribution >= 4 is 27.0 Å². The molecule has 0 aliphatic carbocycles. The topological polar surface area (TPSA) is 124 Å². The highest BCUT2D eigenvalue weighted by Gasteiger charge is 2.41. The van der Waals surface area contributed by atoms with Gasteiger partial charge in [-0.15, -0.1) is 5.10 Å². The van der Waals surface area contributed by atoms with Crippen LogP contribution in [0.15, 0.2) is 53.4 Å². The highest BCUT2D eigenvalue weighted by atomic mass is 32.2. The third-order valence-electron chi connectivity index (χ3n) is 8.82. The van der Waals surface area contributed by atoms with Crippen LogP contribution in [-0.4, -0.2) is 58.6 Å². The molecule has 2 atom stereocenters. The summed E-state index contributed by atoms with van der Waals surface area (Å²) in [4.78, 5) is 12.9. The zero-order valence-electron chi connectivity index (χ0n) is 26.3. The highest BCUT2D eigenvalue weighted by molar-refractivity contribution is 7.89. The summed E-state index contributed by atoms with van der Waals surface area (Å²) in [6.45, 7) is 12.1. The van der Waals surface area contributed by atoms with Gasteiger partial charge in [-0.2, -0.15) is 4.31 Å². The van der Waals surface area contributed by atoms with Crippen LogP contribution >= 0.6 is 0 Å². The minimum atomic E-state index is -3.86. The fraction of sp³-hybridized carbons (Fsp3) is 0.424. The molecule has 1 aliphatic rings. The molecule has 5 rings (SSSR count). The fourth-order valence-electron chi connectivity index (χ4n) is 6.08. The summed E-state index contributed by atoms with van der Waals surface area (Å²) >= 11 is 0. The Hall–Kier alpha value is -3.96. The largest absolute Gasteiger partial charge is 0.494 e. The number of methoxy groups -OCH3 is 1. The van der Waals surface area contributed by atoms with Crippen LogP contribution in [-0.2, 0) is 27.9 Å². The first kappa shape index (κ1) is 31.5. The number of benzene rings is 3. The van der Waals surface area contributed by atoms with E-state index in [1.165, 1.54) is 4.31 Å². The average Bonchev–Trinajstić information content (AvgIpc) is 3.39. The average molecular weight is 621 g/mol. The molecular formula is C33H40N4O6S. The monoisotopic (exact) mass is 620 g/mol. The standard InChI is InChI=1S/C33H40N4O6S/c1-8-24-19-36(44(40,41)28-13-11-10-12-26(28)43-24)18-23-16-22(15-14-20(23)3)29(33(5,6)32(38)39)25-17-27(42-7)31-30(21(25)4)34-35-37(31)9-2/h10-17,24,29H,8-9,18-19H2,1-7H3,(H,38,39)/t24-,29?/m1/s1. The molecule has 2 heterocycles. The Balaban J connectivity index is 1.66. The van der Waals surface area contributed by atoms with Gasteiger partial charge in [0.15, 0.2) is 0 Å². The Kier molecular flexibility index (Phi) is 8.48. The third-order valence-corrected chi connectivity index (χ3v) is 10.7. The summed E-state index contributed by atoms with van der Waals surface area (Å²) in [6.07, 6.45) is 0.328. The minimum Gasteiger partial charge on any atom is -0.494 e. The molecule has 0 fully saturated rings. The molecule has 0 saturated carbocycles. The van der Waals surface area contributed by atoms with Crippen molar-refractivity contribution in [2.45, 2.75) is 78.0 Å². The number of sulfonamides is 1. The van der Waals surface area contributed by atoms with E-state index in [0.717, 1.165) is 33.3 Å². The number of aromatic nitrogens is 3. The van der Waals surface area contributed by atoms with E-state index in [2.05, 4.69) is 10.3 Å². The molecule has 0 spiro atoms. The molecule has 11 heteroatoms. The van der Waals surface area contributed by atoms with Crippen LogP contribution in [0.1, 0.15) is 67.9 Å². The van der Waals surface area contributed by atoms with Crippen LogP contribution in [0.2, 0.25) is 0 Å². The molecule has 44 heavy (non-hydrogen) atoms. The molecule has 1 unspecified atom stereocenters. The van der Waals surface area contributed by atoms with Crippen molar-refractivity contribution in [1.29, 1.82) is 0 Å². The van der Waals surface area contributed by atoms with Gasteiger partial charge in [-0.3, -0.25) is 4.79 Å². The van der Waals surface area contributed by atoms with E-state index in [-0.39, 0.29) is 24.1 Å². The van der Waals surface area contributed by atoms with E-state index < -0.39 is 27.3 Å². The zero-order chi connectivity index (χ0) is 32.0. The van der Waals surface area contributed by atoms with Gasteiger partial charge in [0.2, 0.25) is 10.0 Å². The molecule has 10 nitrogen and oxygen atoms in total. The number of para-hydroxylation sites is 1. The van der Waals surface area contributed by atoms with Crippen molar-refractivity contribution in [2.24, 2.45) is 5.41 Å². The molecule has 1 aromatic heterocycles. The minimum absolute atomic E-state index is 0.114. The summed E-state index contributed by atoms with van der Waals surface area (Å²) < 4.78 is 42.9. The van der Waals surface area contributed by atoms with Gasteiger partial charge < -0.3 is 14.6 Å². The quantitative estimate of drug-likeness (QED) is 0.254. The number of carboxylic acid groups (broad SMARTS) is 1. The maximum absolute atomic E-state index is 13.9. The number of carbonyl (C=O) groups is 1. The molecule has 0 bridgehead atoms. The highest BCUT2D eigenvalue weighted by Crippen LogP contribution is 2.46. The first-order valence-corrected chi connectivity index (χ1v) is 16.3. The van der Waals surface area contributed by atoms with Crippen LogP contribution in [0.5, 0.6) is 11.5 Å². The molecule has 234 valence electrons. The Labute approximate surface area is 258 Å². The van der Waals surface area contributed by atoms with E-state index in [4.69, 9.17) is 9.47 Å². The number of nitrogens with zero attached hydrogens (tertiary/aromatic N) is 4.